The molecule has 0 amide bonds. The molecule has 1 aliphatic heterocycles. The number of halogens is 1. The fourth-order valence-electron chi connectivity index (χ4n) is 1.85. The second-order valence-electron chi connectivity index (χ2n) is 4.05. The molecule has 0 radical (unpaired) electrons. The Kier molecular flexibility index (Phi) is 2.58. The summed E-state index contributed by atoms with van der Waals surface area (Å²) in [5.74, 6) is 0. The van der Waals surface area contributed by atoms with Crippen LogP contribution in [0.25, 0.3) is 0 Å². The summed E-state index contributed by atoms with van der Waals surface area (Å²) < 4.78 is 8.87. The first-order chi connectivity index (χ1) is 7.04. The molecule has 0 unspecified atom stereocenters. The minimum atomic E-state index is -0.836. The largest absolute Gasteiger partial charge is 0.492 e. The van der Waals surface area contributed by atoms with E-state index in [1.54, 1.807) is 6.21 Å². The van der Waals surface area contributed by atoms with Gasteiger partial charge in [0.2, 0.25) is 0 Å². The average molecular weight is 223 g/mol. The summed E-state index contributed by atoms with van der Waals surface area (Å²) in [7, 11) is -0.836. The molecule has 5 heteroatoms. The van der Waals surface area contributed by atoms with Crippen LogP contribution >= 0.6 is 11.8 Å². The Balaban J connectivity index is 2.52. The molecule has 0 aliphatic carbocycles. The number of nitrogens with zero attached hydrogens (tertiary/aromatic N) is 1. The third-order valence-electron chi connectivity index (χ3n) is 2.60. The SMILES string of the molecule is CC1(C)OB(O)c2ccc(C=NCl)cc21. The zero-order chi connectivity index (χ0) is 11.1. The van der Waals surface area contributed by atoms with Crippen molar-refractivity contribution in [2.45, 2.75) is 19.4 Å². The van der Waals surface area contributed by atoms with Crippen LogP contribution in [0.4, 0.5) is 0 Å². The van der Waals surface area contributed by atoms with Gasteiger partial charge in [0.25, 0.3) is 0 Å². The zero-order valence-electron chi connectivity index (χ0n) is 8.57. The van der Waals surface area contributed by atoms with E-state index in [1.165, 1.54) is 0 Å². The van der Waals surface area contributed by atoms with Crippen molar-refractivity contribution >= 4 is 30.6 Å². The summed E-state index contributed by atoms with van der Waals surface area (Å²) in [5.41, 5.74) is 2.22. The van der Waals surface area contributed by atoms with Crippen LogP contribution in [0.3, 0.4) is 0 Å². The first-order valence-electron chi connectivity index (χ1n) is 4.69. The van der Waals surface area contributed by atoms with E-state index in [0.717, 1.165) is 16.6 Å². The minimum Gasteiger partial charge on any atom is -0.423 e. The molecule has 1 aromatic rings. The van der Waals surface area contributed by atoms with Gasteiger partial charge in [-0.05, 0) is 36.5 Å². The molecule has 0 saturated carbocycles. The third kappa shape index (κ3) is 1.80. The molecule has 0 atom stereocenters. The Labute approximate surface area is 94.0 Å². The van der Waals surface area contributed by atoms with E-state index in [2.05, 4.69) is 4.51 Å². The van der Waals surface area contributed by atoms with Crippen molar-refractivity contribution in [2.24, 2.45) is 4.51 Å². The van der Waals surface area contributed by atoms with Gasteiger partial charge in [0.05, 0.1) is 5.60 Å². The van der Waals surface area contributed by atoms with Crippen LogP contribution in [0.1, 0.15) is 25.0 Å². The van der Waals surface area contributed by atoms with Crippen LogP contribution < -0.4 is 5.46 Å². The van der Waals surface area contributed by atoms with E-state index >= 15 is 0 Å². The smallest absolute Gasteiger partial charge is 0.423 e. The lowest BCUT2D eigenvalue weighted by Crippen LogP contribution is -2.28. The molecule has 0 aromatic heterocycles. The standard InChI is InChI=1S/C10H11BClNO2/c1-10(2)8-5-7(6-13-12)3-4-9(8)11(14)15-10/h3-6,14H,1-2H3. The second kappa shape index (κ2) is 3.63. The first-order valence-corrected chi connectivity index (χ1v) is 5.03. The van der Waals surface area contributed by atoms with Gasteiger partial charge in [-0.3, -0.25) is 0 Å². The van der Waals surface area contributed by atoms with Gasteiger partial charge in [0, 0.05) is 18.0 Å². The Bertz CT molecular complexity index is 420. The lowest BCUT2D eigenvalue weighted by Gasteiger charge is -2.19. The van der Waals surface area contributed by atoms with E-state index in [1.807, 2.05) is 32.0 Å². The summed E-state index contributed by atoms with van der Waals surface area (Å²) in [6.45, 7) is 3.84. The predicted molar refractivity (Wildman–Crippen MR) is 61.6 cm³/mol. The van der Waals surface area contributed by atoms with Crippen molar-refractivity contribution in [3.63, 3.8) is 0 Å². The number of hydrogen-bond acceptors (Lipinski definition) is 3. The Morgan fingerprint density at radius 2 is 2.27 bits per heavy atom. The van der Waals surface area contributed by atoms with Gasteiger partial charge in [-0.1, -0.05) is 12.1 Å². The van der Waals surface area contributed by atoms with E-state index in [-0.39, 0.29) is 0 Å². The molecule has 1 heterocycles. The first kappa shape index (κ1) is 10.7. The van der Waals surface area contributed by atoms with Crippen molar-refractivity contribution in [2.75, 3.05) is 0 Å². The summed E-state index contributed by atoms with van der Waals surface area (Å²) >= 11 is 5.28. The highest BCUT2D eigenvalue weighted by atomic mass is 35.5. The highest BCUT2D eigenvalue weighted by molar-refractivity contribution is 6.62. The maximum absolute atomic E-state index is 9.66. The minimum absolute atomic E-state index is 0.467. The average Bonchev–Trinajstić information content (AvgIpc) is 2.38. The molecular weight excluding hydrogens is 212 g/mol. The summed E-state index contributed by atoms with van der Waals surface area (Å²) in [5, 5.41) is 9.66. The normalized spacial score (nSPS) is 18.5. The Morgan fingerprint density at radius 1 is 1.53 bits per heavy atom. The lowest BCUT2D eigenvalue weighted by molar-refractivity contribution is 0.101. The van der Waals surface area contributed by atoms with Crippen molar-refractivity contribution < 1.29 is 9.68 Å². The van der Waals surface area contributed by atoms with Crippen LogP contribution in [-0.4, -0.2) is 18.4 Å². The zero-order valence-corrected chi connectivity index (χ0v) is 9.32. The van der Waals surface area contributed by atoms with Crippen molar-refractivity contribution in [1.82, 2.24) is 0 Å². The van der Waals surface area contributed by atoms with E-state index < -0.39 is 12.7 Å². The molecule has 1 N–H and O–H groups in total. The third-order valence-corrected chi connectivity index (χ3v) is 2.69. The van der Waals surface area contributed by atoms with Gasteiger partial charge >= 0.3 is 7.12 Å². The molecule has 0 saturated heterocycles. The van der Waals surface area contributed by atoms with E-state index in [0.29, 0.717) is 0 Å². The van der Waals surface area contributed by atoms with Gasteiger partial charge in [0.15, 0.2) is 0 Å². The summed E-state index contributed by atoms with van der Waals surface area (Å²) in [4.78, 5) is 0. The van der Waals surface area contributed by atoms with Crippen LogP contribution in [0.15, 0.2) is 22.7 Å². The fraction of sp³-hybridized carbons (Fsp3) is 0.300. The van der Waals surface area contributed by atoms with Gasteiger partial charge in [0.1, 0.15) is 0 Å². The molecule has 1 aromatic carbocycles. The topological polar surface area (TPSA) is 41.8 Å². The van der Waals surface area contributed by atoms with Crippen LogP contribution in [0.5, 0.6) is 0 Å². The van der Waals surface area contributed by atoms with Gasteiger partial charge in [-0.25, -0.2) is 0 Å². The maximum atomic E-state index is 9.66. The van der Waals surface area contributed by atoms with Crippen molar-refractivity contribution in [1.29, 1.82) is 0 Å². The molecule has 78 valence electrons. The van der Waals surface area contributed by atoms with Crippen LogP contribution in [-0.2, 0) is 10.3 Å². The highest BCUT2D eigenvalue weighted by Gasteiger charge is 2.40. The molecular formula is C10H11BClNO2. The van der Waals surface area contributed by atoms with Gasteiger partial charge < -0.3 is 9.68 Å². The maximum Gasteiger partial charge on any atom is 0.492 e. The number of benzene rings is 1. The van der Waals surface area contributed by atoms with Crippen LogP contribution in [0.2, 0.25) is 0 Å². The Hall–Kier alpha value is -0.835. The molecule has 0 fully saturated rings. The van der Waals surface area contributed by atoms with Crippen LogP contribution in [0, 0.1) is 0 Å². The Morgan fingerprint density at radius 3 is 2.93 bits per heavy atom. The molecule has 2 rings (SSSR count). The second-order valence-corrected chi connectivity index (χ2v) is 4.25. The molecule has 3 nitrogen and oxygen atoms in total. The van der Waals surface area contributed by atoms with Crippen molar-refractivity contribution in [3.05, 3.63) is 29.3 Å². The predicted octanol–water partition coefficient (Wildman–Crippen LogP) is 1.21. The fourth-order valence-corrected chi connectivity index (χ4v) is 1.97. The van der Waals surface area contributed by atoms with E-state index in [9.17, 15) is 5.02 Å². The van der Waals surface area contributed by atoms with E-state index in [4.69, 9.17) is 16.4 Å². The number of hydrogen-bond donors (Lipinski definition) is 1. The van der Waals surface area contributed by atoms with Crippen molar-refractivity contribution in [3.8, 4) is 0 Å². The molecule has 1 aliphatic rings. The highest BCUT2D eigenvalue weighted by Crippen LogP contribution is 2.29. The molecule has 15 heavy (non-hydrogen) atoms. The van der Waals surface area contributed by atoms with Gasteiger partial charge in [-0.15, -0.1) is 0 Å². The molecule has 0 spiro atoms. The summed E-state index contributed by atoms with van der Waals surface area (Å²) in [6.07, 6.45) is 1.56. The number of fused-ring (bicyclic) bond motifs is 1. The quantitative estimate of drug-likeness (QED) is 0.574. The molecule has 0 bridgehead atoms. The number of rotatable bonds is 1. The summed E-state index contributed by atoms with van der Waals surface area (Å²) in [6, 6.07) is 5.61. The lowest BCUT2D eigenvalue weighted by atomic mass is 9.78. The van der Waals surface area contributed by atoms with Gasteiger partial charge in [-0.2, -0.15) is 4.51 Å². The monoisotopic (exact) mass is 223 g/mol.